The number of ether oxygens (including phenoxy) is 1. The van der Waals surface area contributed by atoms with Gasteiger partial charge in [-0.25, -0.2) is 5.43 Å². The Morgan fingerprint density at radius 2 is 1.86 bits per heavy atom. The van der Waals surface area contributed by atoms with Gasteiger partial charge in [-0.05, 0) is 64.5 Å². The molecule has 0 spiro atoms. The quantitative estimate of drug-likeness (QED) is 0.323. The number of carbonyl (C=O) groups is 1. The number of hydrogen-bond acceptors (Lipinski definition) is 4. The fourth-order valence-electron chi connectivity index (χ4n) is 2.19. The molecule has 1 heterocycles. The zero-order chi connectivity index (χ0) is 20.1. The number of benzene rings is 2. The molecule has 28 heavy (non-hydrogen) atoms. The number of amides is 1. The van der Waals surface area contributed by atoms with Crippen molar-refractivity contribution >= 4 is 62.9 Å². The minimum absolute atomic E-state index is 0.207. The van der Waals surface area contributed by atoms with Gasteiger partial charge in [-0.3, -0.25) is 4.79 Å². The molecule has 1 aromatic heterocycles. The smallest absolute Gasteiger partial charge is 0.277 e. The van der Waals surface area contributed by atoms with Crippen LogP contribution in [-0.2, 0) is 4.79 Å². The van der Waals surface area contributed by atoms with Crippen LogP contribution < -0.4 is 10.2 Å². The Hall–Kier alpha value is -1.99. The Kier molecular flexibility index (Phi) is 7.02. The molecule has 0 radical (unpaired) electrons. The zero-order valence-corrected chi connectivity index (χ0v) is 17.9. The lowest BCUT2D eigenvalue weighted by atomic mass is 10.2. The molecule has 9 heteroatoms. The summed E-state index contributed by atoms with van der Waals surface area (Å²) in [6, 6.07) is 13.6. The van der Waals surface area contributed by atoms with Gasteiger partial charge in [-0.1, -0.05) is 34.8 Å². The normalized spacial score (nSPS) is 11.0. The van der Waals surface area contributed by atoms with E-state index in [-0.39, 0.29) is 6.61 Å². The molecule has 0 saturated carbocycles. The number of nitrogens with zero attached hydrogens (tertiary/aromatic N) is 1. The molecule has 1 amide bonds. The molecule has 0 fully saturated rings. The van der Waals surface area contributed by atoms with Crippen molar-refractivity contribution in [1.29, 1.82) is 0 Å². The number of nitrogens with one attached hydrogen (secondary N) is 1. The molecule has 144 valence electrons. The fraction of sp³-hybridized carbons (Fsp3) is 0.0526. The highest BCUT2D eigenvalue weighted by Crippen LogP contribution is 2.31. The maximum Gasteiger partial charge on any atom is 0.277 e. The van der Waals surface area contributed by atoms with Crippen LogP contribution in [0.5, 0.6) is 5.75 Å². The second kappa shape index (κ2) is 9.47. The molecule has 0 atom stereocenters. The van der Waals surface area contributed by atoms with E-state index in [9.17, 15) is 4.79 Å². The largest absolute Gasteiger partial charge is 0.483 e. The van der Waals surface area contributed by atoms with E-state index < -0.39 is 5.91 Å². The van der Waals surface area contributed by atoms with Gasteiger partial charge in [0.2, 0.25) is 0 Å². The lowest BCUT2D eigenvalue weighted by molar-refractivity contribution is -0.123. The van der Waals surface area contributed by atoms with Crippen molar-refractivity contribution in [3.8, 4) is 17.1 Å². The van der Waals surface area contributed by atoms with E-state index in [2.05, 4.69) is 26.5 Å². The summed E-state index contributed by atoms with van der Waals surface area (Å²) in [7, 11) is 0. The monoisotopic (exact) mass is 500 g/mol. The average molecular weight is 503 g/mol. The molecule has 0 aliphatic heterocycles. The first-order valence-electron chi connectivity index (χ1n) is 7.87. The van der Waals surface area contributed by atoms with E-state index >= 15 is 0 Å². The van der Waals surface area contributed by atoms with Crippen LogP contribution in [0.1, 0.15) is 5.76 Å². The number of hydrogen-bond donors (Lipinski definition) is 1. The second-order valence-electron chi connectivity index (χ2n) is 5.48. The molecule has 3 rings (SSSR count). The minimum Gasteiger partial charge on any atom is -0.483 e. The Bertz CT molecular complexity index is 1040. The Balaban J connectivity index is 1.54. The summed E-state index contributed by atoms with van der Waals surface area (Å²) in [5.74, 6) is 1.08. The van der Waals surface area contributed by atoms with Crippen molar-refractivity contribution in [1.82, 2.24) is 5.43 Å². The maximum atomic E-state index is 11.8. The first-order chi connectivity index (χ1) is 13.4. The maximum absolute atomic E-state index is 11.8. The first-order valence-corrected chi connectivity index (χ1v) is 9.80. The summed E-state index contributed by atoms with van der Waals surface area (Å²) in [6.45, 7) is -0.207. The van der Waals surface area contributed by atoms with E-state index in [1.54, 1.807) is 48.5 Å². The Labute approximate surface area is 184 Å². The SMILES string of the molecule is O=C(COc1ccc(Cl)cc1Br)N/N=C\c1ccc(-c2ccc(Cl)cc2Cl)o1. The molecule has 0 bridgehead atoms. The van der Waals surface area contributed by atoms with Crippen molar-refractivity contribution in [3.63, 3.8) is 0 Å². The Morgan fingerprint density at radius 1 is 1.11 bits per heavy atom. The van der Waals surface area contributed by atoms with Gasteiger partial charge in [0.15, 0.2) is 6.61 Å². The van der Waals surface area contributed by atoms with Crippen LogP contribution in [0.2, 0.25) is 15.1 Å². The van der Waals surface area contributed by atoms with Gasteiger partial charge < -0.3 is 9.15 Å². The van der Waals surface area contributed by atoms with Gasteiger partial charge in [-0.15, -0.1) is 0 Å². The van der Waals surface area contributed by atoms with Crippen LogP contribution in [0, 0.1) is 0 Å². The molecule has 3 aromatic rings. The van der Waals surface area contributed by atoms with E-state index in [0.29, 0.717) is 42.4 Å². The Morgan fingerprint density at radius 3 is 2.61 bits per heavy atom. The summed E-state index contributed by atoms with van der Waals surface area (Å²) in [6.07, 6.45) is 1.38. The van der Waals surface area contributed by atoms with Crippen LogP contribution in [0.3, 0.4) is 0 Å². The number of halogens is 4. The van der Waals surface area contributed by atoms with Crippen molar-refractivity contribution in [2.24, 2.45) is 5.10 Å². The zero-order valence-electron chi connectivity index (χ0n) is 14.1. The number of hydrazone groups is 1. The minimum atomic E-state index is -0.425. The highest BCUT2D eigenvalue weighted by Gasteiger charge is 2.09. The molecule has 0 aliphatic rings. The first kappa shape index (κ1) is 20.7. The molecule has 1 N–H and O–H groups in total. The summed E-state index contributed by atoms with van der Waals surface area (Å²) in [5, 5.41) is 5.43. The van der Waals surface area contributed by atoms with Crippen molar-refractivity contribution in [3.05, 3.63) is 73.8 Å². The second-order valence-corrected chi connectivity index (χ2v) is 7.62. The van der Waals surface area contributed by atoms with Crippen LogP contribution in [0.25, 0.3) is 11.3 Å². The molecular formula is C19H12BrCl3N2O3. The molecule has 2 aromatic carbocycles. The number of rotatable bonds is 6. The highest BCUT2D eigenvalue weighted by atomic mass is 79.9. The predicted octanol–water partition coefficient (Wildman–Crippen LogP) is 6.20. The van der Waals surface area contributed by atoms with Crippen molar-refractivity contribution < 1.29 is 13.9 Å². The molecule has 0 aliphatic carbocycles. The van der Waals surface area contributed by atoms with E-state index in [4.69, 9.17) is 44.0 Å². The number of carbonyl (C=O) groups excluding carboxylic acids is 1. The third kappa shape index (κ3) is 5.52. The van der Waals surface area contributed by atoms with Gasteiger partial charge in [0.1, 0.15) is 17.3 Å². The summed E-state index contributed by atoms with van der Waals surface area (Å²) in [4.78, 5) is 11.8. The van der Waals surface area contributed by atoms with Crippen molar-refractivity contribution in [2.45, 2.75) is 0 Å². The lowest BCUT2D eigenvalue weighted by Crippen LogP contribution is -2.24. The van der Waals surface area contributed by atoms with Crippen LogP contribution in [-0.4, -0.2) is 18.7 Å². The van der Waals surface area contributed by atoms with Crippen LogP contribution in [0.15, 0.2) is 62.5 Å². The summed E-state index contributed by atoms with van der Waals surface area (Å²) in [5.41, 5.74) is 3.07. The van der Waals surface area contributed by atoms with Gasteiger partial charge in [0.25, 0.3) is 5.91 Å². The number of furan rings is 1. The topological polar surface area (TPSA) is 63.8 Å². The van der Waals surface area contributed by atoms with Gasteiger partial charge in [0.05, 0.1) is 15.7 Å². The predicted molar refractivity (Wildman–Crippen MR) is 115 cm³/mol. The standard InChI is InChI=1S/C19H12BrCl3N2O3/c20-15-7-11(21)2-5-18(15)27-10-19(26)25-24-9-13-3-6-17(28-13)14-4-1-12(22)8-16(14)23/h1-9H,10H2,(H,25,26)/b24-9-. The van der Waals surface area contributed by atoms with Gasteiger partial charge in [-0.2, -0.15) is 5.10 Å². The van der Waals surface area contributed by atoms with E-state index in [0.717, 1.165) is 0 Å². The van der Waals surface area contributed by atoms with Gasteiger partial charge >= 0.3 is 0 Å². The van der Waals surface area contributed by atoms with Crippen LogP contribution in [0.4, 0.5) is 0 Å². The highest BCUT2D eigenvalue weighted by molar-refractivity contribution is 9.10. The molecule has 0 saturated heterocycles. The summed E-state index contributed by atoms with van der Waals surface area (Å²) >= 11 is 21.2. The lowest BCUT2D eigenvalue weighted by Gasteiger charge is -2.07. The van der Waals surface area contributed by atoms with Gasteiger partial charge in [0, 0.05) is 15.6 Å². The molecule has 0 unspecified atom stereocenters. The molecule has 5 nitrogen and oxygen atoms in total. The third-order valence-electron chi connectivity index (χ3n) is 3.46. The van der Waals surface area contributed by atoms with E-state index in [1.807, 2.05) is 0 Å². The average Bonchev–Trinajstić information content (AvgIpc) is 3.09. The molecular weight excluding hydrogens is 490 g/mol. The fourth-order valence-corrected chi connectivity index (χ4v) is 3.49. The van der Waals surface area contributed by atoms with Crippen LogP contribution >= 0.6 is 50.7 Å². The van der Waals surface area contributed by atoms with Crippen molar-refractivity contribution in [2.75, 3.05) is 6.61 Å². The third-order valence-corrected chi connectivity index (χ3v) is 4.86. The van der Waals surface area contributed by atoms with E-state index in [1.165, 1.54) is 6.21 Å². The summed E-state index contributed by atoms with van der Waals surface area (Å²) < 4.78 is 11.7.